The van der Waals surface area contributed by atoms with Crippen LogP contribution in [0.15, 0.2) is 53.4 Å². The van der Waals surface area contributed by atoms with Crippen molar-refractivity contribution in [2.75, 3.05) is 0 Å². The molecule has 0 heterocycles. The van der Waals surface area contributed by atoms with Crippen LogP contribution in [0, 0.1) is 11.9 Å². The fourth-order valence-electron chi connectivity index (χ4n) is 1.35. The first kappa shape index (κ1) is 13.9. The van der Waals surface area contributed by atoms with Gasteiger partial charge in [-0.1, -0.05) is 24.3 Å². The van der Waals surface area contributed by atoms with E-state index in [1.165, 1.54) is 18.2 Å². The number of rotatable bonds is 4. The van der Waals surface area contributed by atoms with Crippen molar-refractivity contribution >= 4 is 23.5 Å². The average Bonchev–Trinajstić information content (AvgIpc) is 2.39. The van der Waals surface area contributed by atoms with E-state index in [1.807, 2.05) is 0 Å². The second-order valence-electron chi connectivity index (χ2n) is 3.55. The quantitative estimate of drug-likeness (QED) is 0.811. The maximum absolute atomic E-state index is 13.4. The lowest BCUT2D eigenvalue weighted by Gasteiger charge is -2.06. The van der Waals surface area contributed by atoms with E-state index in [9.17, 15) is 17.4 Å². The molecular weight excluding hydrogens is 290 g/mol. The molecule has 2 aromatic rings. The fourth-order valence-corrected chi connectivity index (χ4v) is 3.88. The van der Waals surface area contributed by atoms with Gasteiger partial charge in [-0.25, -0.2) is 8.36 Å². The van der Waals surface area contributed by atoms with E-state index in [4.69, 9.17) is 0 Å². The highest BCUT2D eigenvalue weighted by atomic mass is 32.2. The first-order valence-electron chi connectivity index (χ1n) is 5.20. The normalized spacial score (nSPS) is 13.1. The van der Waals surface area contributed by atoms with Gasteiger partial charge in [0.05, 0.1) is 0 Å². The molecule has 4 nitrogen and oxygen atoms in total. The highest BCUT2D eigenvalue weighted by molar-refractivity contribution is 7.90. The van der Waals surface area contributed by atoms with Crippen molar-refractivity contribution in [2.45, 2.75) is 4.90 Å². The molecule has 1 radical (unpaired) electrons. The Morgan fingerprint density at radius 1 is 1.16 bits per heavy atom. The average molecular weight is 299 g/mol. The number of benzene rings is 2. The Labute approximate surface area is 110 Å². The molecule has 0 amide bonds. The molecule has 0 aromatic heterocycles. The first-order chi connectivity index (χ1) is 9.00. The van der Waals surface area contributed by atoms with Crippen molar-refractivity contribution < 1.29 is 21.3 Å². The van der Waals surface area contributed by atoms with Crippen molar-refractivity contribution in [3.05, 3.63) is 60.4 Å². The maximum Gasteiger partial charge on any atom is 0.305 e. The summed E-state index contributed by atoms with van der Waals surface area (Å²) in [5, 5.41) is 0.247. The predicted octanol–water partition coefficient (Wildman–Crippen LogP) is 2.13. The molecule has 19 heavy (non-hydrogen) atoms. The van der Waals surface area contributed by atoms with E-state index >= 15 is 0 Å². The molecule has 0 N–H and O–H groups in total. The fraction of sp³-hybridized carbons (Fsp3) is 0. The molecule has 1 atom stereocenters. The summed E-state index contributed by atoms with van der Waals surface area (Å²) < 4.78 is 53.3. The van der Waals surface area contributed by atoms with Gasteiger partial charge in [-0.2, -0.15) is 8.42 Å². The molecular formula is C12H9FO4PS. The van der Waals surface area contributed by atoms with Crippen LogP contribution in [-0.2, 0) is 18.7 Å². The zero-order valence-electron chi connectivity index (χ0n) is 9.54. The molecule has 2 aromatic carbocycles. The van der Waals surface area contributed by atoms with Crippen LogP contribution in [0.5, 0.6) is 0 Å². The van der Waals surface area contributed by atoms with Crippen molar-refractivity contribution in [3.8, 4) is 0 Å². The van der Waals surface area contributed by atoms with E-state index in [2.05, 4.69) is 10.0 Å². The molecule has 0 fully saturated rings. The van der Waals surface area contributed by atoms with Gasteiger partial charge in [0.2, 0.25) is 8.03 Å². The number of hydrogen-bond donors (Lipinski definition) is 0. The topological polar surface area (TPSA) is 60.4 Å². The van der Waals surface area contributed by atoms with Gasteiger partial charge < -0.3 is 0 Å². The van der Waals surface area contributed by atoms with Gasteiger partial charge in [0, 0.05) is 5.30 Å². The summed E-state index contributed by atoms with van der Waals surface area (Å²) in [4.78, 5) is -0.677. The third-order valence-electron chi connectivity index (χ3n) is 2.24. The SMILES string of the molecule is O=[PH](OS(=O)(=O)c1c[c]ccc1F)c1ccccc1. The lowest BCUT2D eigenvalue weighted by atomic mass is 10.4. The van der Waals surface area contributed by atoms with Gasteiger partial charge in [0.15, 0.2) is 0 Å². The lowest BCUT2D eigenvalue weighted by molar-refractivity contribution is 0.473. The Kier molecular flexibility index (Phi) is 4.14. The Bertz CT molecular complexity index is 701. The first-order valence-corrected chi connectivity index (χ1v) is 7.92. The third kappa shape index (κ3) is 3.29. The van der Waals surface area contributed by atoms with Gasteiger partial charge in [0.25, 0.3) is 0 Å². The van der Waals surface area contributed by atoms with E-state index in [1.54, 1.807) is 18.2 Å². The summed E-state index contributed by atoms with van der Waals surface area (Å²) in [5.74, 6) is -0.971. The number of hydrogen-bond acceptors (Lipinski definition) is 4. The molecule has 0 spiro atoms. The Morgan fingerprint density at radius 3 is 2.47 bits per heavy atom. The molecule has 0 aliphatic carbocycles. The summed E-state index contributed by atoms with van der Waals surface area (Å²) in [6, 6.07) is 13.4. The zero-order valence-corrected chi connectivity index (χ0v) is 11.4. The van der Waals surface area contributed by atoms with E-state index < -0.39 is 28.9 Å². The van der Waals surface area contributed by atoms with Gasteiger partial charge in [-0.15, -0.1) is 0 Å². The van der Waals surface area contributed by atoms with Crippen LogP contribution in [0.3, 0.4) is 0 Å². The second-order valence-corrected chi connectivity index (χ2v) is 6.71. The van der Waals surface area contributed by atoms with E-state index in [-0.39, 0.29) is 5.30 Å². The van der Waals surface area contributed by atoms with E-state index in [0.717, 1.165) is 12.1 Å². The number of halogens is 1. The van der Waals surface area contributed by atoms with Crippen molar-refractivity contribution in [1.82, 2.24) is 0 Å². The predicted molar refractivity (Wildman–Crippen MR) is 68.6 cm³/mol. The maximum atomic E-state index is 13.4. The Morgan fingerprint density at radius 2 is 1.84 bits per heavy atom. The molecule has 0 saturated carbocycles. The Balaban J connectivity index is 2.29. The van der Waals surface area contributed by atoms with Crippen molar-refractivity contribution in [1.29, 1.82) is 0 Å². The lowest BCUT2D eigenvalue weighted by Crippen LogP contribution is -2.07. The summed E-state index contributed by atoms with van der Waals surface area (Å²) >= 11 is 0. The summed E-state index contributed by atoms with van der Waals surface area (Å²) in [7, 11) is -7.42. The van der Waals surface area contributed by atoms with Crippen LogP contribution in [0.25, 0.3) is 0 Å². The molecule has 99 valence electrons. The van der Waals surface area contributed by atoms with Crippen LogP contribution in [0.1, 0.15) is 0 Å². The van der Waals surface area contributed by atoms with Crippen molar-refractivity contribution in [2.24, 2.45) is 0 Å². The zero-order chi connectivity index (χ0) is 13.9. The monoisotopic (exact) mass is 299 g/mol. The standard InChI is InChI=1S/C12H9FO4PS/c13-11-8-4-5-9-12(11)19(15,16)17-18(14)10-6-2-1-3-7-10/h1-4,6-9,18H. The molecule has 7 heteroatoms. The molecule has 1 unspecified atom stereocenters. The van der Waals surface area contributed by atoms with Crippen molar-refractivity contribution in [3.63, 3.8) is 0 Å². The molecule has 0 bridgehead atoms. The minimum atomic E-state index is -4.41. The van der Waals surface area contributed by atoms with Gasteiger partial charge in [-0.3, -0.25) is 4.57 Å². The molecule has 0 aliphatic heterocycles. The molecule has 0 aliphatic rings. The van der Waals surface area contributed by atoms with Crippen LogP contribution in [0.2, 0.25) is 0 Å². The van der Waals surface area contributed by atoms with Gasteiger partial charge in [-0.05, 0) is 30.3 Å². The van der Waals surface area contributed by atoms with Crippen LogP contribution >= 0.6 is 8.03 Å². The Hall–Kier alpha value is -1.49. The molecule has 2 rings (SSSR count). The van der Waals surface area contributed by atoms with E-state index in [0.29, 0.717) is 0 Å². The minimum absolute atomic E-state index is 0.247. The summed E-state index contributed by atoms with van der Waals surface area (Å²) in [5.41, 5.74) is 0. The molecule has 0 saturated heterocycles. The van der Waals surface area contributed by atoms with Crippen LogP contribution in [-0.4, -0.2) is 8.42 Å². The van der Waals surface area contributed by atoms with Crippen LogP contribution < -0.4 is 5.30 Å². The highest BCUT2D eigenvalue weighted by Crippen LogP contribution is 2.29. The van der Waals surface area contributed by atoms with Gasteiger partial charge in [0.1, 0.15) is 10.7 Å². The largest absolute Gasteiger partial charge is 0.305 e. The smallest absolute Gasteiger partial charge is 0.290 e. The van der Waals surface area contributed by atoms with Gasteiger partial charge >= 0.3 is 10.1 Å². The van der Waals surface area contributed by atoms with Crippen LogP contribution in [0.4, 0.5) is 4.39 Å². The third-order valence-corrected chi connectivity index (χ3v) is 5.38. The second kappa shape index (κ2) is 5.65. The highest BCUT2D eigenvalue weighted by Gasteiger charge is 2.23. The minimum Gasteiger partial charge on any atom is -0.290 e. The summed E-state index contributed by atoms with van der Waals surface area (Å²) in [6.45, 7) is 0. The summed E-state index contributed by atoms with van der Waals surface area (Å²) in [6.07, 6.45) is 0.